The van der Waals surface area contributed by atoms with E-state index in [0.717, 1.165) is 0 Å². The minimum Gasteiger partial charge on any atom is -0.464 e. The van der Waals surface area contributed by atoms with Gasteiger partial charge in [0, 0.05) is 70.4 Å². The molecule has 6 amide bonds. The van der Waals surface area contributed by atoms with Gasteiger partial charge in [-0.2, -0.15) is 0 Å². The molecule has 0 aliphatic rings. The molecule has 6 N–H and O–H groups in total. The van der Waals surface area contributed by atoms with Crippen molar-refractivity contribution >= 4 is 223 Å². The standard InChI is InChI=1S/C86H140Br8N6O33/c1-73(2,3)63(107)124-48-84(49-125-64(108)75(7,8)87,50-126-65(109)76(9,10)88)45-121-39-60(104)95-28-24-57(101)23-27-83(44-120-38-37-119-36-35-118-34-33-117-32-31-98-72(116)133-74(4,5)6,42-99-58(102)25-29-96-61(105)40-122-46-85(51-127-66(110)77(11,12)89,52-128-67(111)78(13,14)90)53-129-68(112)79(15,16)91)43-100-59(103)26-30-97-62(106)41-123-47-86(54-130-69(113)80(17,18)92,55-131-70(114)81(19,20)93)56-132-71(115)82(21,22)94/h23-56H2,1-22H3,(H,95,104)(H,96,105)(H,97,106)(H,98,116)(H,99,102)(H,100,103). The summed E-state index contributed by atoms with van der Waals surface area (Å²) in [7, 11) is 0. The molecule has 0 saturated carbocycles. The van der Waals surface area contributed by atoms with Crippen LogP contribution in [-0.2, 0) is 152 Å². The van der Waals surface area contributed by atoms with Crippen LogP contribution >= 0.6 is 127 Å². The van der Waals surface area contributed by atoms with Crippen LogP contribution in [0.2, 0.25) is 0 Å². The zero-order valence-corrected chi connectivity index (χ0v) is 93.2. The number of Topliss-reactive ketones (excluding diaryl/α,β-unsaturated/α-hetero) is 1. The number of amides is 6. The summed E-state index contributed by atoms with van der Waals surface area (Å²) in [5.74, 6) is -10.5. The Balaban J connectivity index is 7.55. The molecule has 0 bridgehead atoms. The molecule has 0 aromatic carbocycles. The monoisotopic (exact) mass is 2420 g/mol. The first-order valence-electron chi connectivity index (χ1n) is 42.7. The van der Waals surface area contributed by atoms with Crippen LogP contribution in [0.3, 0.4) is 0 Å². The number of hydrogen-bond donors (Lipinski definition) is 6. The molecule has 0 aromatic heterocycles. The van der Waals surface area contributed by atoms with Crippen LogP contribution in [0.25, 0.3) is 0 Å². The van der Waals surface area contributed by atoms with E-state index in [1.54, 1.807) is 41.5 Å². The number of nitrogens with one attached hydrogen (secondary N) is 6. The number of ether oxygens (including phenoxy) is 17. The highest BCUT2D eigenvalue weighted by Crippen LogP contribution is 2.34. The van der Waals surface area contributed by atoms with Gasteiger partial charge in [-0.1, -0.05) is 127 Å². The van der Waals surface area contributed by atoms with Crippen molar-refractivity contribution in [3.63, 3.8) is 0 Å². The lowest BCUT2D eigenvalue weighted by Crippen LogP contribution is -2.49. The van der Waals surface area contributed by atoms with Crippen LogP contribution in [0.1, 0.15) is 184 Å². The average Bonchev–Trinajstić information content (AvgIpc) is 0.858. The van der Waals surface area contributed by atoms with Crippen molar-refractivity contribution in [2.24, 2.45) is 27.1 Å². The van der Waals surface area contributed by atoms with Crippen LogP contribution < -0.4 is 31.9 Å². The van der Waals surface area contributed by atoms with Crippen molar-refractivity contribution in [2.75, 3.05) is 191 Å². The molecule has 0 heterocycles. The molecule has 0 fully saturated rings. The van der Waals surface area contributed by atoms with E-state index in [4.69, 9.17) is 80.5 Å². The maximum atomic E-state index is 14.2. The molecule has 0 spiro atoms. The summed E-state index contributed by atoms with van der Waals surface area (Å²) in [6, 6.07) is 0. The van der Waals surface area contributed by atoms with Gasteiger partial charge in [0.25, 0.3) is 0 Å². The van der Waals surface area contributed by atoms with Gasteiger partial charge in [0.15, 0.2) is 0 Å². The number of alkyl carbamates (subject to hydrolysis) is 1. The fourth-order valence-corrected chi connectivity index (χ4v) is 10.6. The van der Waals surface area contributed by atoms with Crippen molar-refractivity contribution in [3.05, 3.63) is 0 Å². The molecular formula is C86H140Br8N6O33. The zero-order valence-electron chi connectivity index (χ0n) is 80.5. The number of rotatable bonds is 68. The highest BCUT2D eigenvalue weighted by atomic mass is 79.9. The van der Waals surface area contributed by atoms with Crippen molar-refractivity contribution in [1.82, 2.24) is 31.9 Å². The predicted octanol–water partition coefficient (Wildman–Crippen LogP) is 9.00. The molecule has 0 aliphatic heterocycles. The van der Waals surface area contributed by atoms with Gasteiger partial charge in [0.1, 0.15) is 125 Å². The molecule has 0 aliphatic carbocycles. The minimum absolute atomic E-state index is 0.0106. The second-order valence-electron chi connectivity index (χ2n) is 37.9. The van der Waals surface area contributed by atoms with E-state index in [9.17, 15) is 76.7 Å². The molecule has 0 radical (unpaired) electrons. The zero-order chi connectivity index (χ0) is 103. The van der Waals surface area contributed by atoms with Crippen LogP contribution in [0.4, 0.5) is 4.79 Å². The van der Waals surface area contributed by atoms with Gasteiger partial charge in [0.05, 0.1) is 94.3 Å². The van der Waals surface area contributed by atoms with Gasteiger partial charge < -0.3 is 112 Å². The van der Waals surface area contributed by atoms with E-state index in [-0.39, 0.29) is 124 Å². The summed E-state index contributed by atoms with van der Waals surface area (Å²) in [6.45, 7) is 25.5. The number of carbonyl (C=O) groups excluding carboxylic acids is 16. The lowest BCUT2D eigenvalue weighted by molar-refractivity contribution is -0.174. The van der Waals surface area contributed by atoms with Gasteiger partial charge in [-0.05, 0) is 159 Å². The lowest BCUT2D eigenvalue weighted by Gasteiger charge is -2.34. The Labute approximate surface area is 848 Å². The van der Waals surface area contributed by atoms with Gasteiger partial charge in [-0.3, -0.25) is 71.9 Å². The fourth-order valence-electron chi connectivity index (χ4n) is 9.69. The van der Waals surface area contributed by atoms with Gasteiger partial charge in [-0.25, -0.2) is 4.79 Å². The molecule has 768 valence electrons. The first-order chi connectivity index (χ1) is 60.7. The molecule has 0 aromatic rings. The average molecular weight is 2430 g/mol. The number of halogens is 8. The van der Waals surface area contributed by atoms with Crippen molar-refractivity contribution in [1.29, 1.82) is 0 Å². The van der Waals surface area contributed by atoms with E-state index in [1.807, 2.05) is 0 Å². The highest BCUT2D eigenvalue weighted by molar-refractivity contribution is 9.11. The van der Waals surface area contributed by atoms with E-state index in [0.29, 0.717) is 0 Å². The van der Waals surface area contributed by atoms with Gasteiger partial charge in [-0.15, -0.1) is 0 Å². The maximum absolute atomic E-state index is 14.2. The summed E-state index contributed by atoms with van der Waals surface area (Å²) >= 11 is 26.1. The molecule has 133 heavy (non-hydrogen) atoms. The molecular weight excluding hydrogens is 2280 g/mol. The maximum Gasteiger partial charge on any atom is 0.407 e. The quantitative estimate of drug-likeness (QED) is 0.0143. The van der Waals surface area contributed by atoms with E-state index >= 15 is 0 Å². The lowest BCUT2D eigenvalue weighted by atomic mass is 9.82. The summed E-state index contributed by atoms with van der Waals surface area (Å²) in [5.41, 5.74) is -7.81. The number of ketones is 1. The number of hydrogen-bond acceptors (Lipinski definition) is 33. The largest absolute Gasteiger partial charge is 0.464 e. The fraction of sp³-hybridized carbons (Fsp3) is 0.814. The van der Waals surface area contributed by atoms with Crippen LogP contribution in [0, 0.1) is 27.1 Å². The first kappa shape index (κ1) is 128. The van der Waals surface area contributed by atoms with E-state index < -0.39 is 262 Å². The topological polar surface area (TPSA) is 502 Å². The molecule has 0 saturated heterocycles. The molecule has 47 heteroatoms. The molecule has 0 unspecified atom stereocenters. The Hall–Kier alpha value is -4.92. The summed E-state index contributed by atoms with van der Waals surface area (Å²) < 4.78 is 87.3. The van der Waals surface area contributed by atoms with Crippen LogP contribution in [-0.4, -0.2) is 327 Å². The Morgan fingerprint density at radius 3 is 0.707 bits per heavy atom. The third-order valence-corrected chi connectivity index (χ3v) is 20.4. The van der Waals surface area contributed by atoms with Crippen molar-refractivity contribution < 1.29 is 157 Å². The Bertz CT molecular complexity index is 3200. The normalized spacial score (nSPS) is 12.8. The molecule has 0 rings (SSSR count). The Kier molecular flexibility index (Phi) is 57.4. The summed E-state index contributed by atoms with van der Waals surface area (Å²) in [4.78, 5) is 213. The van der Waals surface area contributed by atoms with Crippen LogP contribution in [0.15, 0.2) is 0 Å². The predicted molar refractivity (Wildman–Crippen MR) is 515 cm³/mol. The van der Waals surface area contributed by atoms with E-state index in [2.05, 4.69) is 159 Å². The second-order valence-corrected chi connectivity index (χ2v) is 53.8. The number of alkyl halides is 8. The highest BCUT2D eigenvalue weighted by Gasteiger charge is 2.46. The van der Waals surface area contributed by atoms with Crippen molar-refractivity contribution in [2.45, 2.75) is 225 Å². The van der Waals surface area contributed by atoms with E-state index in [1.165, 1.54) is 111 Å². The number of carbonyl (C=O) groups is 16. The smallest absolute Gasteiger partial charge is 0.407 e. The second kappa shape index (κ2) is 59.6. The SMILES string of the molecule is CC(C)(C)OC(=O)NCCOCCOCCOCCOCC(CCC(=O)CCNC(=O)COCC(COC(=O)C(C)(C)C)(COC(=O)C(C)(C)Br)COC(=O)C(C)(C)Br)(CNC(=O)CCNC(=O)COCC(COC(=O)C(C)(C)Br)(COC(=O)C(C)(C)Br)COC(=O)C(C)(C)Br)CNC(=O)CCNC(=O)COCC(COC(=O)C(C)(C)Br)(COC(=O)C(C)(C)Br)COC(=O)C(C)(C)Br. The Morgan fingerprint density at radius 1 is 0.226 bits per heavy atom. The summed E-state index contributed by atoms with van der Waals surface area (Å²) in [5, 5.41) is 16.1. The Morgan fingerprint density at radius 2 is 0.459 bits per heavy atom. The number of esters is 9. The van der Waals surface area contributed by atoms with Crippen molar-refractivity contribution in [3.8, 4) is 0 Å². The third-order valence-electron chi connectivity index (χ3n) is 17.8. The first-order valence-corrected chi connectivity index (χ1v) is 49.0. The van der Waals surface area contributed by atoms with Crippen LogP contribution in [0.5, 0.6) is 0 Å². The summed E-state index contributed by atoms with van der Waals surface area (Å²) in [6.07, 6.45) is -2.02. The minimum atomic E-state index is -1.59. The molecule has 39 nitrogen and oxygen atoms in total. The van der Waals surface area contributed by atoms with Gasteiger partial charge >= 0.3 is 59.8 Å². The molecule has 0 atom stereocenters. The third kappa shape index (κ3) is 59.3. The van der Waals surface area contributed by atoms with Gasteiger partial charge in [0.2, 0.25) is 29.5 Å².